The number of anilines is 1. The van der Waals surface area contributed by atoms with Crippen LogP contribution in [0, 0.1) is 17.2 Å². The fourth-order valence-corrected chi connectivity index (χ4v) is 2.86. The van der Waals surface area contributed by atoms with Gasteiger partial charge in [-0.15, -0.1) is 0 Å². The molecular formula is C18H24N2. The number of allylic oxidation sites excluding steroid dienone is 1. The van der Waals surface area contributed by atoms with Crippen molar-refractivity contribution in [1.29, 1.82) is 5.26 Å². The van der Waals surface area contributed by atoms with Crippen molar-refractivity contribution >= 4 is 5.69 Å². The normalized spacial score (nSPS) is 16.7. The van der Waals surface area contributed by atoms with E-state index in [1.165, 1.54) is 37.8 Å². The summed E-state index contributed by atoms with van der Waals surface area (Å²) in [6.07, 6.45) is 9.62. The largest absolute Gasteiger partial charge is 0.374 e. The van der Waals surface area contributed by atoms with E-state index in [1.807, 2.05) is 6.07 Å². The minimum Gasteiger partial charge on any atom is -0.374 e. The second-order valence-corrected chi connectivity index (χ2v) is 5.71. The molecule has 0 bridgehead atoms. The van der Waals surface area contributed by atoms with Gasteiger partial charge in [0.2, 0.25) is 0 Å². The van der Waals surface area contributed by atoms with Gasteiger partial charge < -0.3 is 4.90 Å². The molecule has 106 valence electrons. The van der Waals surface area contributed by atoms with Crippen molar-refractivity contribution in [1.82, 2.24) is 0 Å². The van der Waals surface area contributed by atoms with Crippen LogP contribution in [0.4, 0.5) is 5.69 Å². The molecule has 0 spiro atoms. The minimum absolute atomic E-state index is 0.639. The Morgan fingerprint density at radius 2 is 1.95 bits per heavy atom. The van der Waals surface area contributed by atoms with E-state index in [9.17, 15) is 5.26 Å². The third-order valence-corrected chi connectivity index (χ3v) is 4.14. The van der Waals surface area contributed by atoms with Gasteiger partial charge in [0.05, 0.1) is 6.07 Å². The lowest BCUT2D eigenvalue weighted by atomic mass is 9.87. The van der Waals surface area contributed by atoms with Crippen molar-refractivity contribution in [3.8, 4) is 6.07 Å². The summed E-state index contributed by atoms with van der Waals surface area (Å²) < 4.78 is 0. The lowest BCUT2D eigenvalue weighted by Crippen LogP contribution is -2.18. The van der Waals surface area contributed by atoms with Gasteiger partial charge in [-0.25, -0.2) is 0 Å². The summed E-state index contributed by atoms with van der Waals surface area (Å²) >= 11 is 0. The smallest absolute Gasteiger partial charge is 0.0944 e. The maximum absolute atomic E-state index is 9.30. The Morgan fingerprint density at radius 1 is 1.25 bits per heavy atom. The molecule has 2 rings (SSSR count). The molecule has 1 aliphatic carbocycles. The monoisotopic (exact) mass is 268 g/mol. The molecule has 0 unspecified atom stereocenters. The van der Waals surface area contributed by atoms with Gasteiger partial charge in [0.25, 0.3) is 0 Å². The number of nitrogens with zero attached hydrogens (tertiary/aromatic N) is 2. The molecule has 0 N–H and O–H groups in total. The maximum atomic E-state index is 9.30. The lowest BCUT2D eigenvalue weighted by molar-refractivity contribution is 0.418. The molecular weight excluding hydrogens is 244 g/mol. The van der Waals surface area contributed by atoms with Crippen LogP contribution in [0.15, 0.2) is 42.0 Å². The Balaban J connectivity index is 1.87. The Labute approximate surface area is 122 Å². The Hall–Kier alpha value is -1.75. The molecule has 1 aromatic carbocycles. The van der Waals surface area contributed by atoms with Crippen LogP contribution in [0.2, 0.25) is 0 Å². The Kier molecular flexibility index (Phi) is 5.68. The van der Waals surface area contributed by atoms with E-state index in [1.54, 1.807) is 0 Å². The number of hydrogen-bond acceptors (Lipinski definition) is 2. The molecule has 2 heteroatoms. The van der Waals surface area contributed by atoms with Crippen molar-refractivity contribution in [3.05, 3.63) is 42.0 Å². The maximum Gasteiger partial charge on any atom is 0.0944 e. The molecule has 0 amide bonds. The Morgan fingerprint density at radius 3 is 2.60 bits per heavy atom. The molecule has 20 heavy (non-hydrogen) atoms. The first-order valence-corrected chi connectivity index (χ1v) is 7.66. The first kappa shape index (κ1) is 14.7. The zero-order valence-electron chi connectivity index (χ0n) is 12.4. The second kappa shape index (κ2) is 7.75. The molecule has 1 aromatic rings. The number of benzene rings is 1. The van der Waals surface area contributed by atoms with E-state index < -0.39 is 0 Å². The summed E-state index contributed by atoms with van der Waals surface area (Å²) in [5.41, 5.74) is 2.17. The van der Waals surface area contributed by atoms with Gasteiger partial charge in [0.1, 0.15) is 0 Å². The van der Waals surface area contributed by atoms with Gasteiger partial charge in [0, 0.05) is 24.9 Å². The van der Waals surface area contributed by atoms with Crippen LogP contribution in [0.5, 0.6) is 0 Å². The van der Waals surface area contributed by atoms with Gasteiger partial charge >= 0.3 is 0 Å². The van der Waals surface area contributed by atoms with E-state index in [0.717, 1.165) is 18.5 Å². The molecule has 0 aromatic heterocycles. The van der Waals surface area contributed by atoms with Crippen molar-refractivity contribution in [2.45, 2.75) is 38.5 Å². The van der Waals surface area contributed by atoms with Crippen LogP contribution in [-0.2, 0) is 0 Å². The molecule has 0 heterocycles. The Bertz CT molecular complexity index is 464. The number of hydrogen-bond donors (Lipinski definition) is 0. The lowest BCUT2D eigenvalue weighted by Gasteiger charge is -2.20. The average Bonchev–Trinajstić information content (AvgIpc) is 2.53. The SMILES string of the molecule is CN(CCC(C#N)=CC1CCCCC1)c1ccccc1. The van der Waals surface area contributed by atoms with Crippen molar-refractivity contribution in [2.24, 2.45) is 5.92 Å². The number of rotatable bonds is 5. The van der Waals surface area contributed by atoms with Crippen molar-refractivity contribution < 1.29 is 0 Å². The number of para-hydroxylation sites is 1. The first-order chi connectivity index (χ1) is 9.79. The molecule has 0 saturated heterocycles. The topological polar surface area (TPSA) is 27.0 Å². The summed E-state index contributed by atoms with van der Waals surface area (Å²) in [6.45, 7) is 0.899. The molecule has 1 saturated carbocycles. The molecule has 0 atom stereocenters. The van der Waals surface area contributed by atoms with Crippen LogP contribution < -0.4 is 4.90 Å². The highest BCUT2D eigenvalue weighted by Gasteiger charge is 2.12. The van der Waals surface area contributed by atoms with Gasteiger partial charge in [-0.3, -0.25) is 0 Å². The third kappa shape index (κ3) is 4.42. The summed E-state index contributed by atoms with van der Waals surface area (Å²) in [4.78, 5) is 2.21. The molecule has 0 aliphatic heterocycles. The van der Waals surface area contributed by atoms with E-state index in [0.29, 0.717) is 5.92 Å². The zero-order valence-corrected chi connectivity index (χ0v) is 12.4. The molecule has 0 radical (unpaired) electrons. The predicted octanol–water partition coefficient (Wildman–Crippen LogP) is 4.54. The predicted molar refractivity (Wildman–Crippen MR) is 84.6 cm³/mol. The van der Waals surface area contributed by atoms with Gasteiger partial charge in [0.15, 0.2) is 0 Å². The van der Waals surface area contributed by atoms with Gasteiger partial charge in [-0.1, -0.05) is 43.5 Å². The summed E-state index contributed by atoms with van der Waals surface area (Å²) in [7, 11) is 2.09. The van der Waals surface area contributed by atoms with Gasteiger partial charge in [-0.2, -0.15) is 5.26 Å². The highest BCUT2D eigenvalue weighted by atomic mass is 15.1. The third-order valence-electron chi connectivity index (χ3n) is 4.14. The molecule has 2 nitrogen and oxygen atoms in total. The fraction of sp³-hybridized carbons (Fsp3) is 0.500. The van der Waals surface area contributed by atoms with E-state index >= 15 is 0 Å². The van der Waals surface area contributed by atoms with Crippen LogP contribution in [0.25, 0.3) is 0 Å². The summed E-state index contributed by atoms with van der Waals surface area (Å²) in [5, 5.41) is 9.30. The average molecular weight is 268 g/mol. The van der Waals surface area contributed by atoms with Crippen LogP contribution >= 0.6 is 0 Å². The minimum atomic E-state index is 0.639. The summed E-state index contributed by atoms with van der Waals surface area (Å²) in [6, 6.07) is 12.7. The van der Waals surface area contributed by atoms with Crippen molar-refractivity contribution in [3.63, 3.8) is 0 Å². The quantitative estimate of drug-likeness (QED) is 0.733. The van der Waals surface area contributed by atoms with Crippen LogP contribution in [0.3, 0.4) is 0 Å². The van der Waals surface area contributed by atoms with Crippen LogP contribution in [-0.4, -0.2) is 13.6 Å². The van der Waals surface area contributed by atoms with E-state index in [4.69, 9.17) is 0 Å². The highest BCUT2D eigenvalue weighted by Crippen LogP contribution is 2.26. The number of nitriles is 1. The molecule has 1 fully saturated rings. The van der Waals surface area contributed by atoms with E-state index in [2.05, 4.69) is 48.4 Å². The second-order valence-electron chi connectivity index (χ2n) is 5.71. The van der Waals surface area contributed by atoms with Gasteiger partial charge in [-0.05, 0) is 37.3 Å². The zero-order chi connectivity index (χ0) is 14.2. The first-order valence-electron chi connectivity index (χ1n) is 7.66. The van der Waals surface area contributed by atoms with Crippen molar-refractivity contribution in [2.75, 3.05) is 18.5 Å². The van der Waals surface area contributed by atoms with E-state index in [-0.39, 0.29) is 0 Å². The summed E-state index contributed by atoms with van der Waals surface area (Å²) in [5.74, 6) is 0.639. The molecule has 1 aliphatic rings. The highest BCUT2D eigenvalue weighted by molar-refractivity contribution is 5.45. The standard InChI is InChI=1S/C18H24N2/c1-20(18-10-6-3-7-11-18)13-12-17(15-19)14-16-8-4-2-5-9-16/h3,6-7,10-11,14,16H,2,4-5,8-9,12-13H2,1H3. The van der Waals surface area contributed by atoms with Crippen LogP contribution in [0.1, 0.15) is 38.5 Å². The fourth-order valence-electron chi connectivity index (χ4n) is 2.86.